The fraction of sp³-hybridized carbons (Fsp3) is 0.188. The smallest absolute Gasteiger partial charge is 0.252 e. The van der Waals surface area contributed by atoms with Crippen LogP contribution in [0.5, 0.6) is 5.75 Å². The average molecular weight is 285 g/mol. The molecule has 1 atom stereocenters. The normalized spacial score (nSPS) is 16.9. The van der Waals surface area contributed by atoms with Crippen LogP contribution in [0.25, 0.3) is 0 Å². The lowest BCUT2D eigenvalue weighted by Gasteiger charge is -2.26. The van der Waals surface area contributed by atoms with Crippen LogP contribution in [0.4, 0.5) is 0 Å². The summed E-state index contributed by atoms with van der Waals surface area (Å²) in [5, 5.41) is 3.06. The molecule has 2 aromatic carbocycles. The highest BCUT2D eigenvalue weighted by molar-refractivity contribution is 7.80. The maximum atomic E-state index is 12.3. The number of amides is 1. The van der Waals surface area contributed by atoms with Crippen molar-refractivity contribution in [1.82, 2.24) is 5.32 Å². The third-order valence-electron chi connectivity index (χ3n) is 3.41. The van der Waals surface area contributed by atoms with Crippen molar-refractivity contribution < 1.29 is 9.53 Å². The lowest BCUT2D eigenvalue weighted by Crippen LogP contribution is -2.32. The van der Waals surface area contributed by atoms with Gasteiger partial charge in [0.2, 0.25) is 0 Å². The minimum absolute atomic E-state index is 0.0135. The molecule has 0 saturated carbocycles. The van der Waals surface area contributed by atoms with E-state index in [0.717, 1.165) is 17.7 Å². The molecule has 0 aromatic heterocycles. The summed E-state index contributed by atoms with van der Waals surface area (Å²) < 4.78 is 5.60. The zero-order chi connectivity index (χ0) is 13.9. The molecule has 0 fully saturated rings. The van der Waals surface area contributed by atoms with Gasteiger partial charge < -0.3 is 10.1 Å². The molecule has 1 aliphatic rings. The van der Waals surface area contributed by atoms with Crippen molar-refractivity contribution in [2.75, 3.05) is 6.61 Å². The van der Waals surface area contributed by atoms with Crippen molar-refractivity contribution >= 4 is 18.5 Å². The maximum absolute atomic E-state index is 12.3. The van der Waals surface area contributed by atoms with Gasteiger partial charge >= 0.3 is 0 Å². The first kappa shape index (κ1) is 13.1. The third-order valence-corrected chi connectivity index (χ3v) is 3.80. The number of carbonyl (C=O) groups is 1. The number of benzene rings is 2. The molecule has 3 rings (SSSR count). The van der Waals surface area contributed by atoms with Crippen LogP contribution < -0.4 is 10.1 Å². The second kappa shape index (κ2) is 5.59. The molecular weight excluding hydrogens is 270 g/mol. The SMILES string of the molecule is O=C(NC1CCOc2ccccc21)c1ccccc1S. The van der Waals surface area contributed by atoms with Gasteiger partial charge in [-0.25, -0.2) is 0 Å². The van der Waals surface area contributed by atoms with Gasteiger partial charge in [-0.2, -0.15) is 0 Å². The van der Waals surface area contributed by atoms with Crippen LogP contribution in [0.2, 0.25) is 0 Å². The van der Waals surface area contributed by atoms with Gasteiger partial charge in [-0.3, -0.25) is 4.79 Å². The fourth-order valence-corrected chi connectivity index (χ4v) is 2.66. The Morgan fingerprint density at radius 3 is 2.75 bits per heavy atom. The lowest BCUT2D eigenvalue weighted by atomic mass is 10.00. The molecule has 0 radical (unpaired) electrons. The Morgan fingerprint density at radius 2 is 1.90 bits per heavy atom. The van der Waals surface area contributed by atoms with Crippen LogP contribution in [0.1, 0.15) is 28.4 Å². The predicted molar refractivity (Wildman–Crippen MR) is 80.5 cm³/mol. The summed E-state index contributed by atoms with van der Waals surface area (Å²) in [4.78, 5) is 13.0. The van der Waals surface area contributed by atoms with E-state index >= 15 is 0 Å². The third kappa shape index (κ3) is 2.51. The summed E-state index contributed by atoms with van der Waals surface area (Å²) in [6, 6.07) is 15.1. The van der Waals surface area contributed by atoms with Crippen molar-refractivity contribution in [2.24, 2.45) is 0 Å². The molecule has 102 valence electrons. The summed E-state index contributed by atoms with van der Waals surface area (Å²) in [6.07, 6.45) is 0.775. The molecule has 2 aromatic rings. The van der Waals surface area contributed by atoms with E-state index in [9.17, 15) is 4.79 Å². The molecule has 1 heterocycles. The molecular formula is C16H15NO2S. The molecule has 0 saturated heterocycles. The van der Waals surface area contributed by atoms with E-state index in [1.807, 2.05) is 42.5 Å². The predicted octanol–water partition coefficient (Wildman–Crippen LogP) is 3.23. The molecule has 1 N–H and O–H groups in total. The highest BCUT2D eigenvalue weighted by atomic mass is 32.1. The molecule has 20 heavy (non-hydrogen) atoms. The van der Waals surface area contributed by atoms with Gasteiger partial charge in [0.1, 0.15) is 5.75 Å². The van der Waals surface area contributed by atoms with E-state index in [0.29, 0.717) is 17.1 Å². The quantitative estimate of drug-likeness (QED) is 0.831. The number of hydrogen-bond donors (Lipinski definition) is 2. The van der Waals surface area contributed by atoms with Crippen LogP contribution in [0.15, 0.2) is 53.4 Å². The van der Waals surface area contributed by atoms with Gasteiger partial charge in [0.15, 0.2) is 0 Å². The van der Waals surface area contributed by atoms with Crippen molar-refractivity contribution in [3.63, 3.8) is 0 Å². The largest absolute Gasteiger partial charge is 0.493 e. The number of carbonyl (C=O) groups excluding carboxylic acids is 1. The summed E-state index contributed by atoms with van der Waals surface area (Å²) in [7, 11) is 0. The topological polar surface area (TPSA) is 38.3 Å². The number of fused-ring (bicyclic) bond motifs is 1. The summed E-state index contributed by atoms with van der Waals surface area (Å²) in [5.41, 5.74) is 1.63. The van der Waals surface area contributed by atoms with Crippen LogP contribution >= 0.6 is 12.6 Å². The first-order valence-electron chi connectivity index (χ1n) is 6.56. The first-order chi connectivity index (χ1) is 9.75. The van der Waals surface area contributed by atoms with Crippen molar-refractivity contribution in [2.45, 2.75) is 17.4 Å². The lowest BCUT2D eigenvalue weighted by molar-refractivity contribution is 0.0922. The van der Waals surface area contributed by atoms with Crippen molar-refractivity contribution in [1.29, 1.82) is 0 Å². The molecule has 4 heteroatoms. The van der Waals surface area contributed by atoms with Crippen LogP contribution in [0, 0.1) is 0 Å². The van der Waals surface area contributed by atoms with Gasteiger partial charge in [-0.15, -0.1) is 12.6 Å². The first-order valence-corrected chi connectivity index (χ1v) is 7.01. The minimum atomic E-state index is -0.0997. The van der Waals surface area contributed by atoms with Crippen LogP contribution in [-0.4, -0.2) is 12.5 Å². The number of thiol groups is 1. The Bertz CT molecular complexity index is 642. The van der Waals surface area contributed by atoms with E-state index in [-0.39, 0.29) is 11.9 Å². The van der Waals surface area contributed by atoms with Crippen molar-refractivity contribution in [3.05, 3.63) is 59.7 Å². The fourth-order valence-electron chi connectivity index (χ4n) is 2.39. The zero-order valence-corrected chi connectivity index (χ0v) is 11.8. The molecule has 3 nitrogen and oxygen atoms in total. The van der Waals surface area contributed by atoms with Crippen LogP contribution in [0.3, 0.4) is 0 Å². The summed E-state index contributed by atoms with van der Waals surface area (Å²) >= 11 is 4.33. The van der Waals surface area contributed by atoms with Gasteiger partial charge in [0, 0.05) is 16.9 Å². The Morgan fingerprint density at radius 1 is 1.15 bits per heavy atom. The highest BCUT2D eigenvalue weighted by Crippen LogP contribution is 2.31. The van der Waals surface area contributed by atoms with Gasteiger partial charge in [0.25, 0.3) is 5.91 Å². The van der Waals surface area contributed by atoms with Crippen LogP contribution in [-0.2, 0) is 0 Å². The Hall–Kier alpha value is -1.94. The minimum Gasteiger partial charge on any atom is -0.493 e. The highest BCUT2D eigenvalue weighted by Gasteiger charge is 2.23. The summed E-state index contributed by atoms with van der Waals surface area (Å²) in [6.45, 7) is 0.616. The number of nitrogens with one attached hydrogen (secondary N) is 1. The van der Waals surface area contributed by atoms with E-state index < -0.39 is 0 Å². The molecule has 1 aliphatic heterocycles. The second-order valence-electron chi connectivity index (χ2n) is 4.72. The Labute approximate surface area is 123 Å². The molecule has 0 spiro atoms. The molecule has 0 aliphatic carbocycles. The van der Waals surface area contributed by atoms with E-state index in [2.05, 4.69) is 17.9 Å². The van der Waals surface area contributed by atoms with E-state index in [1.54, 1.807) is 6.07 Å². The number of ether oxygens (including phenoxy) is 1. The maximum Gasteiger partial charge on any atom is 0.252 e. The van der Waals surface area contributed by atoms with Gasteiger partial charge in [0.05, 0.1) is 18.2 Å². The Balaban J connectivity index is 1.83. The van der Waals surface area contributed by atoms with Gasteiger partial charge in [-0.05, 0) is 18.2 Å². The number of hydrogen-bond acceptors (Lipinski definition) is 3. The molecule has 1 unspecified atom stereocenters. The van der Waals surface area contributed by atoms with E-state index in [4.69, 9.17) is 4.74 Å². The number of para-hydroxylation sites is 1. The Kier molecular flexibility index (Phi) is 3.65. The molecule has 0 bridgehead atoms. The monoisotopic (exact) mass is 285 g/mol. The zero-order valence-electron chi connectivity index (χ0n) is 10.9. The van der Waals surface area contributed by atoms with Gasteiger partial charge in [-0.1, -0.05) is 30.3 Å². The summed E-state index contributed by atoms with van der Waals surface area (Å²) in [5.74, 6) is 0.750. The molecule has 1 amide bonds. The standard InChI is InChI=1S/C16H15NO2S/c18-16(12-6-2-4-8-15(12)20)17-13-9-10-19-14-7-3-1-5-11(13)14/h1-8,13,20H,9-10H2,(H,17,18). The second-order valence-corrected chi connectivity index (χ2v) is 5.20. The van der Waals surface area contributed by atoms with E-state index in [1.165, 1.54) is 0 Å². The average Bonchev–Trinajstić information content (AvgIpc) is 2.48. The number of rotatable bonds is 2. The van der Waals surface area contributed by atoms with Crippen molar-refractivity contribution in [3.8, 4) is 5.75 Å².